The molecule has 1 saturated heterocycles. The molecule has 1 aliphatic rings. The van der Waals surface area contributed by atoms with Crippen LogP contribution < -0.4 is 5.32 Å². The molecule has 1 fully saturated rings. The fourth-order valence-electron chi connectivity index (χ4n) is 2.79. The number of hydrogen-bond acceptors (Lipinski definition) is 3. The van der Waals surface area contributed by atoms with Gasteiger partial charge in [0.05, 0.1) is 11.1 Å². The lowest BCUT2D eigenvalue weighted by Crippen LogP contribution is -2.49. The molecule has 2 heterocycles. The van der Waals surface area contributed by atoms with Crippen molar-refractivity contribution < 1.29 is 9.53 Å². The Hall–Kier alpha value is -1.43. The monoisotopic (exact) mass is 394 g/mol. The molecule has 0 unspecified atom stereocenters. The number of carbonyl (C=O) groups is 1. The molecule has 1 aromatic heterocycles. The molecule has 0 saturated carbocycles. The van der Waals surface area contributed by atoms with Crippen molar-refractivity contribution in [2.45, 2.75) is 18.4 Å². The summed E-state index contributed by atoms with van der Waals surface area (Å²) in [6.45, 7) is 1.23. The van der Waals surface area contributed by atoms with Gasteiger partial charge in [0.2, 0.25) is 0 Å². The van der Waals surface area contributed by atoms with Crippen molar-refractivity contribution in [2.75, 3.05) is 13.2 Å². The number of hydrogen-bond donors (Lipinski definition) is 1. The molecular weight excluding hydrogens is 380 g/mol. The third kappa shape index (κ3) is 3.74. The van der Waals surface area contributed by atoms with Gasteiger partial charge in [0.25, 0.3) is 5.91 Å². The van der Waals surface area contributed by atoms with Gasteiger partial charge < -0.3 is 10.1 Å². The van der Waals surface area contributed by atoms with Gasteiger partial charge >= 0.3 is 0 Å². The summed E-state index contributed by atoms with van der Waals surface area (Å²) in [7, 11) is 0. The molecule has 0 atom stereocenters. The van der Waals surface area contributed by atoms with E-state index in [1.54, 1.807) is 12.1 Å². The van der Waals surface area contributed by atoms with Crippen LogP contribution in [0, 0.1) is 0 Å². The standard InChI is InChI=1S/C17H16BrClN2O2/c18-14-3-1-2-13(10-14)17(6-8-23-9-7-17)21-16(22)12-4-5-15(19)20-11-12/h1-5,10-11H,6-9H2,(H,21,22). The van der Waals surface area contributed by atoms with Crippen molar-refractivity contribution in [3.63, 3.8) is 0 Å². The molecule has 0 spiro atoms. The Morgan fingerprint density at radius 1 is 1.26 bits per heavy atom. The minimum Gasteiger partial charge on any atom is -0.381 e. The molecule has 1 amide bonds. The summed E-state index contributed by atoms with van der Waals surface area (Å²) < 4.78 is 6.48. The van der Waals surface area contributed by atoms with E-state index in [2.05, 4.69) is 26.2 Å². The first-order valence-corrected chi connectivity index (χ1v) is 8.54. The number of ether oxygens (including phenoxy) is 1. The van der Waals surface area contributed by atoms with Crippen molar-refractivity contribution in [2.24, 2.45) is 0 Å². The van der Waals surface area contributed by atoms with Crippen LogP contribution in [0.25, 0.3) is 0 Å². The van der Waals surface area contributed by atoms with Crippen molar-refractivity contribution in [1.82, 2.24) is 10.3 Å². The highest BCUT2D eigenvalue weighted by Crippen LogP contribution is 2.33. The Labute approximate surface area is 148 Å². The van der Waals surface area contributed by atoms with Gasteiger partial charge in [-0.15, -0.1) is 0 Å². The van der Waals surface area contributed by atoms with Crippen LogP contribution in [0.1, 0.15) is 28.8 Å². The third-order valence-corrected chi connectivity index (χ3v) is 4.78. The number of rotatable bonds is 3. The second-order valence-electron chi connectivity index (χ2n) is 5.53. The average Bonchev–Trinajstić information content (AvgIpc) is 2.56. The normalized spacial score (nSPS) is 16.8. The lowest BCUT2D eigenvalue weighted by Gasteiger charge is -2.38. The van der Waals surface area contributed by atoms with E-state index in [-0.39, 0.29) is 5.91 Å². The van der Waals surface area contributed by atoms with Crippen LogP contribution in [0.5, 0.6) is 0 Å². The molecule has 1 aromatic carbocycles. The summed E-state index contributed by atoms with van der Waals surface area (Å²) in [6, 6.07) is 11.3. The van der Waals surface area contributed by atoms with Gasteiger partial charge in [-0.1, -0.05) is 39.7 Å². The Kier molecular flexibility index (Phi) is 4.99. The first kappa shape index (κ1) is 16.4. The second-order valence-corrected chi connectivity index (χ2v) is 6.83. The molecule has 0 radical (unpaired) electrons. The lowest BCUT2D eigenvalue weighted by molar-refractivity contribution is 0.0345. The van der Waals surface area contributed by atoms with Crippen LogP contribution in [0.15, 0.2) is 47.1 Å². The first-order valence-electron chi connectivity index (χ1n) is 7.37. The maximum Gasteiger partial charge on any atom is 0.253 e. The summed E-state index contributed by atoms with van der Waals surface area (Å²) in [6.07, 6.45) is 2.96. The molecule has 1 N–H and O–H groups in total. The summed E-state index contributed by atoms with van der Waals surface area (Å²) in [5.74, 6) is -0.156. The van der Waals surface area contributed by atoms with Gasteiger partial charge in [-0.25, -0.2) is 4.98 Å². The molecule has 0 bridgehead atoms. The molecule has 4 nitrogen and oxygen atoms in total. The SMILES string of the molecule is O=C(NC1(c2cccc(Br)c2)CCOCC1)c1ccc(Cl)nc1. The molecule has 23 heavy (non-hydrogen) atoms. The van der Waals surface area contributed by atoms with E-state index in [0.29, 0.717) is 23.9 Å². The van der Waals surface area contributed by atoms with E-state index in [4.69, 9.17) is 16.3 Å². The number of aromatic nitrogens is 1. The first-order chi connectivity index (χ1) is 11.1. The Balaban J connectivity index is 1.90. The zero-order valence-electron chi connectivity index (χ0n) is 12.4. The molecular formula is C17H16BrClN2O2. The maximum atomic E-state index is 12.6. The number of nitrogens with one attached hydrogen (secondary N) is 1. The second kappa shape index (κ2) is 6.99. The Bertz CT molecular complexity index is 700. The van der Waals surface area contributed by atoms with E-state index < -0.39 is 5.54 Å². The number of amides is 1. The zero-order chi connectivity index (χ0) is 16.3. The third-order valence-electron chi connectivity index (χ3n) is 4.07. The molecule has 3 rings (SSSR count). The molecule has 2 aromatic rings. The van der Waals surface area contributed by atoms with Gasteiger partial charge in [0.15, 0.2) is 0 Å². The summed E-state index contributed by atoms with van der Waals surface area (Å²) in [4.78, 5) is 16.6. The number of carbonyl (C=O) groups excluding carboxylic acids is 1. The van der Waals surface area contributed by atoms with Crippen LogP contribution in [0.4, 0.5) is 0 Å². The van der Waals surface area contributed by atoms with Crippen molar-refractivity contribution in [1.29, 1.82) is 0 Å². The number of benzene rings is 1. The van der Waals surface area contributed by atoms with Gasteiger partial charge in [0, 0.05) is 23.9 Å². The van der Waals surface area contributed by atoms with Crippen LogP contribution >= 0.6 is 27.5 Å². The molecule has 0 aliphatic carbocycles. The van der Waals surface area contributed by atoms with E-state index in [1.165, 1.54) is 6.20 Å². The lowest BCUT2D eigenvalue weighted by atomic mass is 9.82. The van der Waals surface area contributed by atoms with Crippen LogP contribution in [-0.4, -0.2) is 24.1 Å². The van der Waals surface area contributed by atoms with E-state index >= 15 is 0 Å². The van der Waals surface area contributed by atoms with Gasteiger partial charge in [0.1, 0.15) is 5.15 Å². The number of halogens is 2. The van der Waals surface area contributed by atoms with Crippen molar-refractivity contribution in [3.8, 4) is 0 Å². The predicted molar refractivity (Wildman–Crippen MR) is 92.6 cm³/mol. The minimum atomic E-state index is -0.432. The summed E-state index contributed by atoms with van der Waals surface area (Å²) in [5.41, 5.74) is 1.14. The van der Waals surface area contributed by atoms with E-state index in [0.717, 1.165) is 22.9 Å². The summed E-state index contributed by atoms with van der Waals surface area (Å²) in [5, 5.41) is 3.56. The Morgan fingerprint density at radius 3 is 2.70 bits per heavy atom. The van der Waals surface area contributed by atoms with E-state index in [1.807, 2.05) is 24.3 Å². The van der Waals surface area contributed by atoms with E-state index in [9.17, 15) is 4.79 Å². The van der Waals surface area contributed by atoms with Crippen LogP contribution in [0.3, 0.4) is 0 Å². The smallest absolute Gasteiger partial charge is 0.253 e. The number of nitrogens with zero attached hydrogens (tertiary/aromatic N) is 1. The zero-order valence-corrected chi connectivity index (χ0v) is 14.7. The number of pyridine rings is 1. The average molecular weight is 396 g/mol. The highest BCUT2D eigenvalue weighted by atomic mass is 79.9. The van der Waals surface area contributed by atoms with Gasteiger partial charge in [-0.05, 0) is 42.7 Å². The van der Waals surface area contributed by atoms with Gasteiger partial charge in [-0.2, -0.15) is 0 Å². The predicted octanol–water partition coefficient (Wildman–Crippen LogP) is 3.93. The molecule has 6 heteroatoms. The quantitative estimate of drug-likeness (QED) is 0.801. The van der Waals surface area contributed by atoms with Crippen molar-refractivity contribution in [3.05, 3.63) is 63.3 Å². The molecule has 120 valence electrons. The topological polar surface area (TPSA) is 51.2 Å². The molecule has 1 aliphatic heterocycles. The minimum absolute atomic E-state index is 0.156. The summed E-state index contributed by atoms with van der Waals surface area (Å²) >= 11 is 9.29. The fourth-order valence-corrected chi connectivity index (χ4v) is 3.30. The fraction of sp³-hybridized carbons (Fsp3) is 0.294. The highest BCUT2D eigenvalue weighted by Gasteiger charge is 2.36. The maximum absolute atomic E-state index is 12.6. The highest BCUT2D eigenvalue weighted by molar-refractivity contribution is 9.10. The van der Waals surface area contributed by atoms with Gasteiger partial charge in [-0.3, -0.25) is 4.79 Å². The van der Waals surface area contributed by atoms with Crippen LogP contribution in [0.2, 0.25) is 5.15 Å². The van der Waals surface area contributed by atoms with Crippen LogP contribution in [-0.2, 0) is 10.3 Å². The van der Waals surface area contributed by atoms with Crippen molar-refractivity contribution >= 4 is 33.4 Å². The Morgan fingerprint density at radius 2 is 2.04 bits per heavy atom. The largest absolute Gasteiger partial charge is 0.381 e.